The second-order valence-electron chi connectivity index (χ2n) is 3.59. The van der Waals surface area contributed by atoms with Crippen molar-refractivity contribution in [3.05, 3.63) is 52.4 Å². The number of hydrogen-bond donors (Lipinski definition) is 2. The number of carbonyl (C=O) groups excluding carboxylic acids is 1. The van der Waals surface area contributed by atoms with Crippen LogP contribution in [0.1, 0.15) is 15.9 Å². The van der Waals surface area contributed by atoms with Crippen molar-refractivity contribution in [1.82, 2.24) is 5.32 Å². The monoisotopic (exact) mass is 294 g/mol. The molecule has 1 aromatic heterocycles. The van der Waals surface area contributed by atoms with Crippen LogP contribution in [-0.2, 0) is 6.54 Å². The van der Waals surface area contributed by atoms with Gasteiger partial charge in [-0.05, 0) is 24.3 Å². The van der Waals surface area contributed by atoms with E-state index in [1.165, 1.54) is 0 Å². The van der Waals surface area contributed by atoms with Crippen molar-refractivity contribution < 1.29 is 9.21 Å². The minimum Gasteiger partial charge on any atom is -0.472 e. The first kappa shape index (κ1) is 11.7. The lowest BCUT2D eigenvalue weighted by Crippen LogP contribution is -2.22. The Morgan fingerprint density at radius 2 is 2.24 bits per heavy atom. The van der Waals surface area contributed by atoms with Crippen molar-refractivity contribution in [2.24, 2.45) is 0 Å². The maximum atomic E-state index is 11.8. The summed E-state index contributed by atoms with van der Waals surface area (Å²) in [5.74, 6) is -0.167. The molecule has 0 radical (unpaired) electrons. The molecule has 3 N–H and O–H groups in total. The zero-order valence-corrected chi connectivity index (χ0v) is 10.5. The zero-order chi connectivity index (χ0) is 12.3. The summed E-state index contributed by atoms with van der Waals surface area (Å²) in [6.45, 7) is 0.432. The molecule has 1 aromatic carbocycles. The van der Waals surface area contributed by atoms with Gasteiger partial charge in [-0.2, -0.15) is 0 Å². The zero-order valence-electron chi connectivity index (χ0n) is 8.94. The average molecular weight is 295 g/mol. The summed E-state index contributed by atoms with van der Waals surface area (Å²) in [6.07, 6.45) is 3.16. The van der Waals surface area contributed by atoms with E-state index in [2.05, 4.69) is 21.2 Å². The molecule has 17 heavy (non-hydrogen) atoms. The van der Waals surface area contributed by atoms with Gasteiger partial charge >= 0.3 is 0 Å². The lowest BCUT2D eigenvalue weighted by Gasteiger charge is -2.05. The highest BCUT2D eigenvalue weighted by atomic mass is 79.9. The molecule has 1 amide bonds. The molecule has 0 atom stereocenters. The van der Waals surface area contributed by atoms with Gasteiger partial charge in [-0.1, -0.05) is 15.9 Å². The number of nitrogens with one attached hydrogen (secondary N) is 1. The Morgan fingerprint density at radius 1 is 1.41 bits per heavy atom. The molecule has 88 valence electrons. The molecule has 2 aromatic rings. The Morgan fingerprint density at radius 3 is 2.88 bits per heavy atom. The maximum absolute atomic E-state index is 11.8. The lowest BCUT2D eigenvalue weighted by molar-refractivity contribution is 0.0951. The topological polar surface area (TPSA) is 68.3 Å². The highest BCUT2D eigenvalue weighted by Gasteiger charge is 2.07. The first-order valence-corrected chi connectivity index (χ1v) is 5.80. The number of nitrogens with two attached hydrogens (primary N) is 1. The second kappa shape index (κ2) is 5.05. The molecule has 0 fully saturated rings. The number of anilines is 1. The lowest BCUT2D eigenvalue weighted by atomic mass is 10.2. The van der Waals surface area contributed by atoms with Crippen LogP contribution in [0.2, 0.25) is 0 Å². The molecule has 0 saturated heterocycles. The van der Waals surface area contributed by atoms with Gasteiger partial charge in [-0.25, -0.2) is 0 Å². The van der Waals surface area contributed by atoms with Gasteiger partial charge in [0.05, 0.1) is 12.5 Å². The molecule has 1 heterocycles. The number of nitrogen functional groups attached to an aromatic ring is 1. The van der Waals surface area contributed by atoms with E-state index in [4.69, 9.17) is 10.2 Å². The molecule has 0 aliphatic carbocycles. The highest BCUT2D eigenvalue weighted by Crippen LogP contribution is 2.17. The van der Waals surface area contributed by atoms with Crippen LogP contribution in [-0.4, -0.2) is 5.91 Å². The molecule has 0 aliphatic heterocycles. The molecule has 0 spiro atoms. The van der Waals surface area contributed by atoms with E-state index in [1.54, 1.807) is 36.8 Å². The smallest absolute Gasteiger partial charge is 0.251 e. The average Bonchev–Trinajstić information content (AvgIpc) is 2.77. The fourth-order valence-electron chi connectivity index (χ4n) is 1.42. The Kier molecular flexibility index (Phi) is 3.49. The van der Waals surface area contributed by atoms with Gasteiger partial charge in [-0.3, -0.25) is 4.79 Å². The van der Waals surface area contributed by atoms with Crippen LogP contribution in [0.25, 0.3) is 0 Å². The third-order valence-electron chi connectivity index (χ3n) is 2.22. The molecular weight excluding hydrogens is 284 g/mol. The van der Waals surface area contributed by atoms with Crippen LogP contribution in [0.3, 0.4) is 0 Å². The Labute approximate surface area is 107 Å². The van der Waals surface area contributed by atoms with Gasteiger partial charge in [0.1, 0.15) is 0 Å². The normalized spacial score (nSPS) is 10.2. The number of furan rings is 1. The molecule has 2 rings (SSSR count). The van der Waals surface area contributed by atoms with Gasteiger partial charge < -0.3 is 15.5 Å². The molecule has 0 aliphatic rings. The minimum atomic E-state index is -0.167. The first-order valence-electron chi connectivity index (χ1n) is 5.00. The van der Waals surface area contributed by atoms with E-state index < -0.39 is 0 Å². The Balaban J connectivity index is 2.04. The quantitative estimate of drug-likeness (QED) is 0.855. The van der Waals surface area contributed by atoms with Gasteiger partial charge in [0, 0.05) is 27.8 Å². The van der Waals surface area contributed by atoms with Crippen molar-refractivity contribution in [3.8, 4) is 0 Å². The molecule has 4 nitrogen and oxygen atoms in total. The highest BCUT2D eigenvalue weighted by molar-refractivity contribution is 9.10. The maximum Gasteiger partial charge on any atom is 0.251 e. The summed E-state index contributed by atoms with van der Waals surface area (Å²) in [4.78, 5) is 11.8. The number of carbonyl (C=O) groups is 1. The molecule has 0 saturated carbocycles. The Hall–Kier alpha value is -1.75. The summed E-state index contributed by atoms with van der Waals surface area (Å²) >= 11 is 3.30. The largest absolute Gasteiger partial charge is 0.472 e. The van der Waals surface area contributed by atoms with Gasteiger partial charge in [0.15, 0.2) is 0 Å². The molecule has 0 bridgehead atoms. The van der Waals surface area contributed by atoms with E-state index in [1.807, 2.05) is 0 Å². The SMILES string of the molecule is Nc1cc(Br)cc(C(=O)NCc2ccoc2)c1. The van der Waals surface area contributed by atoms with E-state index >= 15 is 0 Å². The van der Waals surface area contributed by atoms with Gasteiger partial charge in [0.2, 0.25) is 0 Å². The van der Waals surface area contributed by atoms with Crippen molar-refractivity contribution >= 4 is 27.5 Å². The number of halogens is 1. The fraction of sp³-hybridized carbons (Fsp3) is 0.0833. The number of benzene rings is 1. The summed E-state index contributed by atoms with van der Waals surface area (Å²) < 4.78 is 5.70. The van der Waals surface area contributed by atoms with E-state index in [-0.39, 0.29) is 5.91 Å². The van der Waals surface area contributed by atoms with Crippen molar-refractivity contribution in [1.29, 1.82) is 0 Å². The number of amides is 1. The van der Waals surface area contributed by atoms with Crippen LogP contribution < -0.4 is 11.1 Å². The van der Waals surface area contributed by atoms with Gasteiger partial charge in [0.25, 0.3) is 5.91 Å². The molecular formula is C12H11BrN2O2. The summed E-state index contributed by atoms with van der Waals surface area (Å²) in [6, 6.07) is 6.90. The predicted molar refractivity (Wildman–Crippen MR) is 68.4 cm³/mol. The van der Waals surface area contributed by atoms with E-state index in [0.29, 0.717) is 17.8 Å². The van der Waals surface area contributed by atoms with Crippen molar-refractivity contribution in [2.75, 3.05) is 5.73 Å². The van der Waals surface area contributed by atoms with Crippen molar-refractivity contribution in [3.63, 3.8) is 0 Å². The van der Waals surface area contributed by atoms with E-state index in [0.717, 1.165) is 10.0 Å². The summed E-state index contributed by atoms with van der Waals surface area (Å²) in [5, 5.41) is 2.78. The second-order valence-corrected chi connectivity index (χ2v) is 4.50. The third kappa shape index (κ3) is 3.10. The number of rotatable bonds is 3. The minimum absolute atomic E-state index is 0.167. The number of hydrogen-bond acceptors (Lipinski definition) is 3. The predicted octanol–water partition coefficient (Wildman–Crippen LogP) is 2.55. The van der Waals surface area contributed by atoms with Crippen LogP contribution in [0.15, 0.2) is 45.7 Å². The van der Waals surface area contributed by atoms with Crippen LogP contribution in [0.4, 0.5) is 5.69 Å². The molecule has 5 heteroatoms. The Bertz CT molecular complexity index is 503. The third-order valence-corrected chi connectivity index (χ3v) is 2.67. The van der Waals surface area contributed by atoms with E-state index in [9.17, 15) is 4.79 Å². The summed E-state index contributed by atoms with van der Waals surface area (Å²) in [5.41, 5.74) is 7.66. The fourth-order valence-corrected chi connectivity index (χ4v) is 1.93. The van der Waals surface area contributed by atoms with Crippen molar-refractivity contribution in [2.45, 2.75) is 6.54 Å². The van der Waals surface area contributed by atoms with Gasteiger partial charge in [-0.15, -0.1) is 0 Å². The van der Waals surface area contributed by atoms with Crippen LogP contribution in [0.5, 0.6) is 0 Å². The standard InChI is InChI=1S/C12H11BrN2O2/c13-10-3-9(4-11(14)5-10)12(16)15-6-8-1-2-17-7-8/h1-5,7H,6,14H2,(H,15,16). The van der Waals surface area contributed by atoms with Crippen LogP contribution >= 0.6 is 15.9 Å². The molecule has 0 unspecified atom stereocenters. The van der Waals surface area contributed by atoms with Crippen LogP contribution in [0, 0.1) is 0 Å². The summed E-state index contributed by atoms with van der Waals surface area (Å²) in [7, 11) is 0. The first-order chi connectivity index (χ1) is 8.15.